The molecular weight excluding hydrogens is 336 g/mol. The van der Waals surface area contributed by atoms with E-state index >= 15 is 0 Å². The standard InChI is InChI=1S/C15H15BrN2OS/c16-14-8-7-13(20-14)9-17-11-3-1-10(2-4-11)15(19)18-12-5-6-12/h1-4,7-8,12,17H,5-6,9H2,(H,18,19). The molecule has 2 N–H and O–H groups in total. The molecule has 1 aromatic heterocycles. The molecule has 104 valence electrons. The lowest BCUT2D eigenvalue weighted by molar-refractivity contribution is 0.0951. The largest absolute Gasteiger partial charge is 0.380 e. The smallest absolute Gasteiger partial charge is 0.251 e. The van der Waals surface area contributed by atoms with Crippen LogP contribution in [0, 0.1) is 0 Å². The number of amides is 1. The Morgan fingerprint density at radius 1 is 1.20 bits per heavy atom. The van der Waals surface area contributed by atoms with Gasteiger partial charge < -0.3 is 10.6 Å². The van der Waals surface area contributed by atoms with Crippen LogP contribution in [0.5, 0.6) is 0 Å². The van der Waals surface area contributed by atoms with Crippen molar-refractivity contribution in [1.82, 2.24) is 5.32 Å². The topological polar surface area (TPSA) is 41.1 Å². The number of hydrogen-bond acceptors (Lipinski definition) is 3. The van der Waals surface area contributed by atoms with Gasteiger partial charge >= 0.3 is 0 Å². The SMILES string of the molecule is O=C(NC1CC1)c1ccc(NCc2ccc(Br)s2)cc1. The molecule has 3 rings (SSSR count). The summed E-state index contributed by atoms with van der Waals surface area (Å²) >= 11 is 5.17. The maximum atomic E-state index is 11.9. The van der Waals surface area contributed by atoms with Gasteiger partial charge in [-0.2, -0.15) is 0 Å². The average Bonchev–Trinajstić information content (AvgIpc) is 3.17. The number of carbonyl (C=O) groups excluding carboxylic acids is 1. The van der Waals surface area contributed by atoms with Crippen LogP contribution in [-0.2, 0) is 6.54 Å². The molecule has 1 aliphatic rings. The summed E-state index contributed by atoms with van der Waals surface area (Å²) in [6.45, 7) is 0.796. The minimum atomic E-state index is 0.0289. The van der Waals surface area contributed by atoms with E-state index in [0.29, 0.717) is 6.04 Å². The van der Waals surface area contributed by atoms with Crippen molar-refractivity contribution < 1.29 is 4.79 Å². The number of halogens is 1. The maximum Gasteiger partial charge on any atom is 0.251 e. The fraction of sp³-hybridized carbons (Fsp3) is 0.267. The monoisotopic (exact) mass is 350 g/mol. The second-order valence-corrected chi connectivity index (χ2v) is 7.43. The molecule has 1 saturated carbocycles. The van der Waals surface area contributed by atoms with Crippen LogP contribution in [0.25, 0.3) is 0 Å². The Morgan fingerprint density at radius 3 is 2.55 bits per heavy atom. The zero-order valence-corrected chi connectivity index (χ0v) is 13.3. The first kappa shape index (κ1) is 13.6. The summed E-state index contributed by atoms with van der Waals surface area (Å²) in [5.41, 5.74) is 1.75. The van der Waals surface area contributed by atoms with Gasteiger partial charge in [0.15, 0.2) is 0 Å². The number of anilines is 1. The molecule has 3 nitrogen and oxygen atoms in total. The molecule has 1 heterocycles. The fourth-order valence-corrected chi connectivity index (χ4v) is 3.29. The molecule has 1 aliphatic carbocycles. The van der Waals surface area contributed by atoms with E-state index in [1.54, 1.807) is 11.3 Å². The van der Waals surface area contributed by atoms with E-state index in [0.717, 1.165) is 34.4 Å². The molecule has 0 aliphatic heterocycles. The van der Waals surface area contributed by atoms with E-state index in [9.17, 15) is 4.79 Å². The predicted molar refractivity (Wildman–Crippen MR) is 86.3 cm³/mol. The van der Waals surface area contributed by atoms with E-state index in [4.69, 9.17) is 0 Å². The Bertz CT molecular complexity index is 605. The van der Waals surface area contributed by atoms with Gasteiger partial charge in [-0.15, -0.1) is 11.3 Å². The summed E-state index contributed by atoms with van der Waals surface area (Å²) in [5.74, 6) is 0.0289. The van der Waals surface area contributed by atoms with Crippen LogP contribution in [0.4, 0.5) is 5.69 Å². The number of hydrogen-bond donors (Lipinski definition) is 2. The molecule has 1 fully saturated rings. The number of nitrogens with one attached hydrogen (secondary N) is 2. The summed E-state index contributed by atoms with van der Waals surface area (Å²) in [5, 5.41) is 6.34. The number of thiophene rings is 1. The van der Waals surface area contributed by atoms with Gasteiger partial charge in [-0.25, -0.2) is 0 Å². The van der Waals surface area contributed by atoms with Crippen LogP contribution in [0.15, 0.2) is 40.2 Å². The van der Waals surface area contributed by atoms with E-state index in [1.807, 2.05) is 30.3 Å². The molecule has 0 bridgehead atoms. The van der Waals surface area contributed by atoms with Gasteiger partial charge in [-0.1, -0.05) is 0 Å². The number of carbonyl (C=O) groups is 1. The summed E-state index contributed by atoms with van der Waals surface area (Å²) in [6.07, 6.45) is 2.23. The van der Waals surface area contributed by atoms with Gasteiger partial charge in [0.25, 0.3) is 5.91 Å². The first-order chi connectivity index (χ1) is 9.70. The lowest BCUT2D eigenvalue weighted by atomic mass is 10.2. The van der Waals surface area contributed by atoms with Crippen LogP contribution >= 0.6 is 27.3 Å². The van der Waals surface area contributed by atoms with E-state index < -0.39 is 0 Å². The summed E-state index contributed by atoms with van der Waals surface area (Å²) < 4.78 is 1.14. The van der Waals surface area contributed by atoms with Crippen molar-refractivity contribution in [1.29, 1.82) is 0 Å². The van der Waals surface area contributed by atoms with Crippen molar-refractivity contribution >= 4 is 38.9 Å². The average molecular weight is 351 g/mol. The van der Waals surface area contributed by atoms with Crippen molar-refractivity contribution in [2.75, 3.05) is 5.32 Å². The molecular formula is C15H15BrN2OS. The molecule has 0 unspecified atom stereocenters. The van der Waals surface area contributed by atoms with Crippen LogP contribution in [0.3, 0.4) is 0 Å². The molecule has 1 aromatic carbocycles. The van der Waals surface area contributed by atoms with Crippen molar-refractivity contribution in [2.24, 2.45) is 0 Å². The second-order valence-electron chi connectivity index (χ2n) is 4.88. The van der Waals surface area contributed by atoms with Gasteiger partial charge in [-0.05, 0) is 65.2 Å². The lowest BCUT2D eigenvalue weighted by Crippen LogP contribution is -2.25. The minimum Gasteiger partial charge on any atom is -0.380 e. The molecule has 20 heavy (non-hydrogen) atoms. The van der Waals surface area contributed by atoms with E-state index in [1.165, 1.54) is 4.88 Å². The van der Waals surface area contributed by atoms with E-state index in [-0.39, 0.29) is 5.91 Å². The Labute approximate surface area is 130 Å². The zero-order valence-electron chi connectivity index (χ0n) is 10.9. The molecule has 0 radical (unpaired) electrons. The third-order valence-corrected chi connectivity index (χ3v) is 4.78. The van der Waals surface area contributed by atoms with Gasteiger partial charge in [0.05, 0.1) is 3.79 Å². The third kappa shape index (κ3) is 3.61. The van der Waals surface area contributed by atoms with Crippen molar-refractivity contribution in [3.05, 3.63) is 50.6 Å². The molecule has 2 aromatic rings. The highest BCUT2D eigenvalue weighted by molar-refractivity contribution is 9.11. The second kappa shape index (κ2) is 5.97. The highest BCUT2D eigenvalue weighted by Crippen LogP contribution is 2.23. The highest BCUT2D eigenvalue weighted by Gasteiger charge is 2.23. The van der Waals surface area contributed by atoms with Crippen LogP contribution < -0.4 is 10.6 Å². The number of benzene rings is 1. The first-order valence-electron chi connectivity index (χ1n) is 6.60. The van der Waals surface area contributed by atoms with Crippen LogP contribution in [0.1, 0.15) is 28.1 Å². The summed E-state index contributed by atoms with van der Waals surface area (Å²) in [7, 11) is 0. The minimum absolute atomic E-state index is 0.0289. The number of rotatable bonds is 5. The lowest BCUT2D eigenvalue weighted by Gasteiger charge is -2.07. The van der Waals surface area contributed by atoms with Gasteiger partial charge in [-0.3, -0.25) is 4.79 Å². The van der Waals surface area contributed by atoms with Crippen molar-refractivity contribution in [2.45, 2.75) is 25.4 Å². The summed E-state index contributed by atoms with van der Waals surface area (Å²) in [6, 6.07) is 12.2. The molecule has 1 amide bonds. The van der Waals surface area contributed by atoms with Crippen molar-refractivity contribution in [3.8, 4) is 0 Å². The quantitative estimate of drug-likeness (QED) is 0.855. The van der Waals surface area contributed by atoms with E-state index in [2.05, 4.69) is 32.6 Å². The van der Waals surface area contributed by atoms with Gasteiger partial charge in [0.2, 0.25) is 0 Å². The van der Waals surface area contributed by atoms with Crippen LogP contribution in [0.2, 0.25) is 0 Å². The van der Waals surface area contributed by atoms with Crippen molar-refractivity contribution in [3.63, 3.8) is 0 Å². The molecule has 0 atom stereocenters. The summed E-state index contributed by atoms with van der Waals surface area (Å²) in [4.78, 5) is 13.1. The molecule has 5 heteroatoms. The van der Waals surface area contributed by atoms with Gasteiger partial charge in [0.1, 0.15) is 0 Å². The predicted octanol–water partition coefficient (Wildman–Crippen LogP) is 4.01. The first-order valence-corrected chi connectivity index (χ1v) is 8.21. The molecule has 0 saturated heterocycles. The Hall–Kier alpha value is -1.33. The third-order valence-electron chi connectivity index (χ3n) is 3.16. The Morgan fingerprint density at radius 2 is 1.95 bits per heavy atom. The van der Waals surface area contributed by atoms with Crippen LogP contribution in [-0.4, -0.2) is 11.9 Å². The maximum absolute atomic E-state index is 11.9. The Kier molecular flexibility index (Phi) is 4.08. The molecule has 0 spiro atoms. The highest BCUT2D eigenvalue weighted by atomic mass is 79.9. The normalized spacial score (nSPS) is 14.1. The zero-order chi connectivity index (χ0) is 13.9. The van der Waals surface area contributed by atoms with Gasteiger partial charge in [0, 0.05) is 28.7 Å². The Balaban J connectivity index is 1.56. The fourth-order valence-electron chi connectivity index (χ4n) is 1.87.